The van der Waals surface area contributed by atoms with Crippen LogP contribution in [0.1, 0.15) is 24.3 Å². The third-order valence-electron chi connectivity index (χ3n) is 5.15. The average Bonchev–Trinajstić information content (AvgIpc) is 3.38. The summed E-state index contributed by atoms with van der Waals surface area (Å²) >= 11 is 1.58. The molecule has 0 fully saturated rings. The predicted molar refractivity (Wildman–Crippen MR) is 127 cm³/mol. The van der Waals surface area contributed by atoms with E-state index in [0.29, 0.717) is 23.0 Å². The van der Waals surface area contributed by atoms with Crippen LogP contribution in [-0.4, -0.2) is 25.1 Å². The van der Waals surface area contributed by atoms with Crippen molar-refractivity contribution in [1.82, 2.24) is 19.2 Å². The van der Waals surface area contributed by atoms with Crippen LogP contribution in [0.5, 0.6) is 0 Å². The molecule has 5 aromatic rings. The van der Waals surface area contributed by atoms with Gasteiger partial charge in [-0.1, -0.05) is 44.2 Å². The van der Waals surface area contributed by atoms with E-state index in [-0.39, 0.29) is 23.1 Å². The van der Waals surface area contributed by atoms with Gasteiger partial charge in [-0.25, -0.2) is 9.67 Å². The molecule has 0 saturated carbocycles. The third kappa shape index (κ3) is 3.69. The van der Waals surface area contributed by atoms with Crippen LogP contribution in [0.25, 0.3) is 27.0 Å². The molecule has 0 radical (unpaired) electrons. The molecule has 160 valence electrons. The molecule has 8 heteroatoms. The first-order valence-corrected chi connectivity index (χ1v) is 11.2. The Balaban J connectivity index is 1.45. The van der Waals surface area contributed by atoms with Crippen LogP contribution in [0, 0.1) is 5.92 Å². The highest BCUT2D eigenvalue weighted by Crippen LogP contribution is 2.23. The number of carbonyl (C=O) groups excluding carboxylic acids is 1. The van der Waals surface area contributed by atoms with E-state index in [1.54, 1.807) is 35.6 Å². The number of rotatable bonds is 5. The van der Waals surface area contributed by atoms with E-state index >= 15 is 0 Å². The number of carbonyl (C=O) groups is 1. The molecule has 0 unspecified atom stereocenters. The standard InChI is InChI=1S/C24H21N5O2S/c1-15(2)13-29-23(31)19-6-4-3-5-18(19)21(27-29)22(30)25-17-9-7-16(8-10-17)20-14-28-11-12-32-24(28)26-20/h3-12,14-15H,13H2,1-2H3,(H,25,30). The number of aromatic nitrogens is 4. The first kappa shape index (κ1) is 20.1. The second-order valence-electron chi connectivity index (χ2n) is 8.03. The zero-order valence-corrected chi connectivity index (χ0v) is 18.5. The lowest BCUT2D eigenvalue weighted by Gasteiger charge is -2.13. The van der Waals surface area contributed by atoms with E-state index in [4.69, 9.17) is 0 Å². The van der Waals surface area contributed by atoms with E-state index in [9.17, 15) is 9.59 Å². The average molecular weight is 444 g/mol. The number of nitrogens with zero attached hydrogens (tertiary/aromatic N) is 4. The van der Waals surface area contributed by atoms with Gasteiger partial charge in [0.1, 0.15) is 0 Å². The van der Waals surface area contributed by atoms with Crippen LogP contribution >= 0.6 is 11.3 Å². The highest BCUT2D eigenvalue weighted by Gasteiger charge is 2.17. The molecule has 7 nitrogen and oxygen atoms in total. The largest absolute Gasteiger partial charge is 0.321 e. The molecule has 3 heterocycles. The molecule has 0 atom stereocenters. The number of hydrogen-bond donors (Lipinski definition) is 1. The van der Waals surface area contributed by atoms with Crippen molar-refractivity contribution in [2.75, 3.05) is 5.32 Å². The van der Waals surface area contributed by atoms with Gasteiger partial charge in [-0.05, 0) is 24.1 Å². The number of anilines is 1. The molecule has 32 heavy (non-hydrogen) atoms. The summed E-state index contributed by atoms with van der Waals surface area (Å²) in [5, 5.41) is 10.3. The minimum absolute atomic E-state index is 0.185. The molecule has 0 aliphatic rings. The summed E-state index contributed by atoms with van der Waals surface area (Å²) in [6, 6.07) is 14.6. The number of imidazole rings is 1. The summed E-state index contributed by atoms with van der Waals surface area (Å²) < 4.78 is 3.37. The van der Waals surface area contributed by atoms with E-state index in [1.807, 2.05) is 60.3 Å². The number of hydrogen-bond acceptors (Lipinski definition) is 5. The first-order valence-electron chi connectivity index (χ1n) is 10.3. The van der Waals surface area contributed by atoms with Crippen molar-refractivity contribution in [3.63, 3.8) is 0 Å². The lowest BCUT2D eigenvalue weighted by Crippen LogP contribution is -2.29. The topological polar surface area (TPSA) is 81.3 Å². The Morgan fingerprint density at radius 1 is 1.09 bits per heavy atom. The van der Waals surface area contributed by atoms with Crippen molar-refractivity contribution in [2.45, 2.75) is 20.4 Å². The lowest BCUT2D eigenvalue weighted by atomic mass is 10.1. The third-order valence-corrected chi connectivity index (χ3v) is 5.92. The summed E-state index contributed by atoms with van der Waals surface area (Å²) in [4.78, 5) is 31.4. The fraction of sp³-hybridized carbons (Fsp3) is 0.167. The Morgan fingerprint density at radius 2 is 1.84 bits per heavy atom. The lowest BCUT2D eigenvalue weighted by molar-refractivity contribution is 0.102. The van der Waals surface area contributed by atoms with Crippen LogP contribution in [0.15, 0.2) is 71.1 Å². The van der Waals surface area contributed by atoms with Crippen LogP contribution in [0.4, 0.5) is 5.69 Å². The molecule has 3 aromatic heterocycles. The molecule has 2 aromatic carbocycles. The van der Waals surface area contributed by atoms with Crippen molar-refractivity contribution in [3.05, 3.63) is 82.4 Å². The van der Waals surface area contributed by atoms with Gasteiger partial charge in [0.2, 0.25) is 0 Å². The van der Waals surface area contributed by atoms with Crippen molar-refractivity contribution in [1.29, 1.82) is 0 Å². The van der Waals surface area contributed by atoms with Gasteiger partial charge in [0.25, 0.3) is 11.5 Å². The summed E-state index contributed by atoms with van der Waals surface area (Å²) in [6.45, 7) is 4.46. The van der Waals surface area contributed by atoms with Gasteiger partial charge in [0.15, 0.2) is 10.7 Å². The summed E-state index contributed by atoms with van der Waals surface area (Å²) in [6.07, 6.45) is 3.95. The Bertz CT molecular complexity index is 1470. The minimum atomic E-state index is -0.353. The Hall–Kier alpha value is -3.78. The van der Waals surface area contributed by atoms with Crippen LogP contribution < -0.4 is 10.9 Å². The SMILES string of the molecule is CC(C)Cn1nc(C(=O)Nc2ccc(-c3cn4ccsc4n3)cc2)c2ccccc2c1=O. The Kier molecular flexibility index (Phi) is 5.07. The number of thiazole rings is 1. The number of nitrogens with one attached hydrogen (secondary N) is 1. The predicted octanol–water partition coefficient (Wildman–Crippen LogP) is 4.68. The fourth-order valence-corrected chi connectivity index (χ4v) is 4.35. The van der Waals surface area contributed by atoms with Crippen molar-refractivity contribution in [2.24, 2.45) is 5.92 Å². The number of amides is 1. The molecule has 0 spiro atoms. The molecular weight excluding hydrogens is 422 g/mol. The normalized spacial score (nSPS) is 11.5. The first-order chi connectivity index (χ1) is 15.5. The molecule has 1 N–H and O–H groups in total. The zero-order valence-electron chi connectivity index (χ0n) is 17.6. The highest BCUT2D eigenvalue weighted by molar-refractivity contribution is 7.15. The van der Waals surface area contributed by atoms with E-state index in [0.717, 1.165) is 16.2 Å². The summed E-state index contributed by atoms with van der Waals surface area (Å²) in [5.74, 6) is -0.128. The second kappa shape index (κ2) is 8.05. The van der Waals surface area contributed by atoms with Crippen LogP contribution in [0.3, 0.4) is 0 Å². The van der Waals surface area contributed by atoms with Gasteiger partial charge < -0.3 is 5.32 Å². The van der Waals surface area contributed by atoms with Crippen LogP contribution in [0.2, 0.25) is 0 Å². The highest BCUT2D eigenvalue weighted by atomic mass is 32.1. The monoisotopic (exact) mass is 443 g/mol. The van der Waals surface area contributed by atoms with Crippen molar-refractivity contribution in [3.8, 4) is 11.3 Å². The zero-order chi connectivity index (χ0) is 22.2. The van der Waals surface area contributed by atoms with Gasteiger partial charge in [-0.15, -0.1) is 11.3 Å². The van der Waals surface area contributed by atoms with Gasteiger partial charge in [0.05, 0.1) is 11.1 Å². The Morgan fingerprint density at radius 3 is 2.56 bits per heavy atom. The van der Waals surface area contributed by atoms with Gasteiger partial charge in [0, 0.05) is 41.0 Å². The molecule has 0 aliphatic carbocycles. The van der Waals surface area contributed by atoms with Crippen molar-refractivity contribution < 1.29 is 4.79 Å². The summed E-state index contributed by atoms with van der Waals surface area (Å²) in [5.41, 5.74) is 2.54. The molecule has 0 bridgehead atoms. The van der Waals surface area contributed by atoms with E-state index < -0.39 is 0 Å². The van der Waals surface area contributed by atoms with E-state index in [1.165, 1.54) is 4.68 Å². The molecular formula is C24H21N5O2S. The molecule has 0 saturated heterocycles. The maximum atomic E-state index is 13.1. The van der Waals surface area contributed by atoms with Gasteiger partial charge in [-0.3, -0.25) is 14.0 Å². The second-order valence-corrected chi connectivity index (χ2v) is 8.90. The number of benzene rings is 2. The molecule has 0 aliphatic heterocycles. The van der Waals surface area contributed by atoms with Crippen LogP contribution in [-0.2, 0) is 6.54 Å². The smallest absolute Gasteiger partial charge is 0.276 e. The quantitative estimate of drug-likeness (QED) is 0.428. The van der Waals surface area contributed by atoms with Gasteiger partial charge >= 0.3 is 0 Å². The minimum Gasteiger partial charge on any atom is -0.321 e. The van der Waals surface area contributed by atoms with Gasteiger partial charge in [-0.2, -0.15) is 5.10 Å². The molecule has 5 rings (SSSR count). The van der Waals surface area contributed by atoms with E-state index in [2.05, 4.69) is 15.4 Å². The van der Waals surface area contributed by atoms with Crippen molar-refractivity contribution >= 4 is 38.7 Å². The number of fused-ring (bicyclic) bond motifs is 2. The Labute approximate surface area is 188 Å². The summed E-state index contributed by atoms with van der Waals surface area (Å²) in [7, 11) is 0. The fourth-order valence-electron chi connectivity index (χ4n) is 3.65. The maximum absolute atomic E-state index is 13.1. The molecule has 1 amide bonds. The maximum Gasteiger partial charge on any atom is 0.276 e.